The summed E-state index contributed by atoms with van der Waals surface area (Å²) in [5.74, 6) is -0.0770. The van der Waals surface area contributed by atoms with Crippen molar-refractivity contribution >= 4 is 5.91 Å². The molecule has 1 aromatic carbocycles. The van der Waals surface area contributed by atoms with Crippen molar-refractivity contribution in [2.45, 2.75) is 12.7 Å². The lowest BCUT2D eigenvalue weighted by molar-refractivity contribution is 0.0400. The molecule has 0 aliphatic carbocycles. The lowest BCUT2D eigenvalue weighted by Gasteiger charge is -2.34. The van der Waals surface area contributed by atoms with Gasteiger partial charge in [-0.15, -0.1) is 0 Å². The summed E-state index contributed by atoms with van der Waals surface area (Å²) in [5.41, 5.74) is 1.70. The fraction of sp³-hybridized carbons (Fsp3) is 0.417. The second-order valence-electron chi connectivity index (χ2n) is 4.04. The van der Waals surface area contributed by atoms with E-state index in [4.69, 9.17) is 0 Å². The molecular weight excluding hydrogens is 207 g/mol. The first-order valence-corrected chi connectivity index (χ1v) is 5.37. The molecule has 4 heteroatoms. The number of carbonyl (C=O) groups excluding carboxylic acids is 1. The summed E-state index contributed by atoms with van der Waals surface area (Å²) in [6.07, 6.45) is -0.843. The normalized spacial score (nSPS) is 16.0. The molecule has 0 bridgehead atoms. The van der Waals surface area contributed by atoms with Crippen LogP contribution in [0.15, 0.2) is 24.3 Å². The van der Waals surface area contributed by atoms with Crippen molar-refractivity contribution in [3.8, 4) is 0 Å². The van der Waals surface area contributed by atoms with Gasteiger partial charge in [0.1, 0.15) is 6.17 Å². The molecule has 16 heavy (non-hydrogen) atoms. The molecule has 0 saturated carbocycles. The van der Waals surface area contributed by atoms with E-state index >= 15 is 0 Å². The minimum absolute atomic E-state index is 0.0770. The molecular formula is C12H15FN2O. The van der Waals surface area contributed by atoms with Crippen LogP contribution in [0.2, 0.25) is 0 Å². The van der Waals surface area contributed by atoms with Gasteiger partial charge in [0.25, 0.3) is 5.91 Å². The van der Waals surface area contributed by atoms with Crippen LogP contribution >= 0.6 is 0 Å². The third kappa shape index (κ3) is 2.22. The van der Waals surface area contributed by atoms with Crippen molar-refractivity contribution in [3.63, 3.8) is 0 Å². The van der Waals surface area contributed by atoms with Crippen LogP contribution < -0.4 is 5.32 Å². The van der Waals surface area contributed by atoms with Crippen LogP contribution in [0.5, 0.6) is 0 Å². The van der Waals surface area contributed by atoms with Crippen molar-refractivity contribution in [1.29, 1.82) is 0 Å². The van der Waals surface area contributed by atoms with Crippen molar-refractivity contribution in [1.82, 2.24) is 10.2 Å². The maximum Gasteiger partial charge on any atom is 0.254 e. The van der Waals surface area contributed by atoms with Gasteiger partial charge >= 0.3 is 0 Å². The molecule has 1 aromatic rings. The molecule has 0 atom stereocenters. The van der Waals surface area contributed by atoms with Crippen LogP contribution in [0, 0.1) is 0 Å². The molecule has 1 N–H and O–H groups in total. The first-order valence-electron chi connectivity index (χ1n) is 5.37. The van der Waals surface area contributed by atoms with Crippen LogP contribution in [0.25, 0.3) is 0 Å². The number of nitrogens with one attached hydrogen (secondary N) is 1. The second kappa shape index (κ2) is 4.61. The minimum atomic E-state index is -0.843. The van der Waals surface area contributed by atoms with Crippen molar-refractivity contribution in [2.75, 3.05) is 20.1 Å². The highest BCUT2D eigenvalue weighted by molar-refractivity contribution is 5.95. The molecule has 1 fully saturated rings. The zero-order valence-corrected chi connectivity index (χ0v) is 9.24. The van der Waals surface area contributed by atoms with Gasteiger partial charge in [-0.1, -0.05) is 12.1 Å². The topological polar surface area (TPSA) is 32.3 Å². The Labute approximate surface area is 94.3 Å². The highest BCUT2D eigenvalue weighted by Crippen LogP contribution is 2.16. The van der Waals surface area contributed by atoms with E-state index < -0.39 is 6.17 Å². The van der Waals surface area contributed by atoms with Gasteiger partial charge in [-0.05, 0) is 24.7 Å². The SMILES string of the molecule is CNCc1cccc(C(=O)N2CC(F)C2)c1. The van der Waals surface area contributed by atoms with Crippen molar-refractivity contribution in [2.24, 2.45) is 0 Å². The third-order valence-electron chi connectivity index (χ3n) is 2.68. The number of amides is 1. The maximum absolute atomic E-state index is 12.6. The monoisotopic (exact) mass is 222 g/mol. The van der Waals surface area contributed by atoms with Gasteiger partial charge in [-0.3, -0.25) is 4.79 Å². The number of likely N-dealkylation sites (tertiary alicyclic amines) is 1. The van der Waals surface area contributed by atoms with Gasteiger partial charge in [0.05, 0.1) is 13.1 Å². The Morgan fingerprint density at radius 3 is 2.94 bits per heavy atom. The molecule has 1 aliphatic rings. The number of hydrogen-bond acceptors (Lipinski definition) is 2. The lowest BCUT2D eigenvalue weighted by atomic mass is 10.1. The largest absolute Gasteiger partial charge is 0.333 e. The van der Waals surface area contributed by atoms with Crippen LogP contribution in [-0.2, 0) is 6.54 Å². The summed E-state index contributed by atoms with van der Waals surface area (Å²) in [6.45, 7) is 1.19. The zero-order chi connectivity index (χ0) is 11.5. The highest BCUT2D eigenvalue weighted by Gasteiger charge is 2.30. The molecule has 2 rings (SSSR count). The number of hydrogen-bond donors (Lipinski definition) is 1. The lowest BCUT2D eigenvalue weighted by Crippen LogP contribution is -2.51. The Balaban J connectivity index is 2.08. The first kappa shape index (κ1) is 11.1. The van der Waals surface area contributed by atoms with E-state index in [0.29, 0.717) is 5.56 Å². The van der Waals surface area contributed by atoms with Gasteiger partial charge < -0.3 is 10.2 Å². The standard InChI is InChI=1S/C12H15FN2O/c1-14-6-9-3-2-4-10(5-9)12(16)15-7-11(13)8-15/h2-5,11,14H,6-8H2,1H3. The molecule has 1 heterocycles. The molecule has 3 nitrogen and oxygen atoms in total. The minimum Gasteiger partial charge on any atom is -0.333 e. The second-order valence-corrected chi connectivity index (χ2v) is 4.04. The molecule has 0 aromatic heterocycles. The number of carbonyl (C=O) groups is 1. The molecule has 1 saturated heterocycles. The summed E-state index contributed by atoms with van der Waals surface area (Å²) in [7, 11) is 1.86. The van der Waals surface area contributed by atoms with E-state index in [1.54, 1.807) is 6.07 Å². The van der Waals surface area contributed by atoms with Gasteiger partial charge in [0.15, 0.2) is 0 Å². The Hall–Kier alpha value is -1.42. The first-order chi connectivity index (χ1) is 7.70. The van der Waals surface area contributed by atoms with Gasteiger partial charge in [-0.2, -0.15) is 0 Å². The average Bonchev–Trinajstić information content (AvgIpc) is 2.25. The third-order valence-corrected chi connectivity index (χ3v) is 2.68. The van der Waals surface area contributed by atoms with E-state index in [0.717, 1.165) is 12.1 Å². The van der Waals surface area contributed by atoms with Gasteiger partial charge in [-0.25, -0.2) is 4.39 Å². The molecule has 1 amide bonds. The maximum atomic E-state index is 12.6. The summed E-state index contributed by atoms with van der Waals surface area (Å²) in [5, 5.41) is 3.03. The van der Waals surface area contributed by atoms with Crippen molar-refractivity contribution in [3.05, 3.63) is 35.4 Å². The molecule has 1 aliphatic heterocycles. The number of halogens is 1. The predicted octanol–water partition coefficient (Wildman–Crippen LogP) is 1.20. The smallest absolute Gasteiger partial charge is 0.254 e. The highest BCUT2D eigenvalue weighted by atomic mass is 19.1. The predicted molar refractivity (Wildman–Crippen MR) is 60.0 cm³/mol. The van der Waals surface area contributed by atoms with E-state index in [1.807, 2.05) is 25.2 Å². The summed E-state index contributed by atoms with van der Waals surface area (Å²) >= 11 is 0. The number of nitrogens with zero attached hydrogens (tertiary/aromatic N) is 1. The van der Waals surface area contributed by atoms with Crippen molar-refractivity contribution < 1.29 is 9.18 Å². The van der Waals surface area contributed by atoms with Crippen LogP contribution in [0.3, 0.4) is 0 Å². The van der Waals surface area contributed by atoms with Gasteiger partial charge in [0, 0.05) is 12.1 Å². The number of alkyl halides is 1. The average molecular weight is 222 g/mol. The van der Waals surface area contributed by atoms with Crippen LogP contribution in [0.1, 0.15) is 15.9 Å². The van der Waals surface area contributed by atoms with Gasteiger partial charge in [0.2, 0.25) is 0 Å². The Bertz CT molecular complexity index is 388. The van der Waals surface area contributed by atoms with Crippen LogP contribution in [-0.4, -0.2) is 37.1 Å². The summed E-state index contributed by atoms with van der Waals surface area (Å²) < 4.78 is 12.6. The molecule has 0 radical (unpaired) electrons. The molecule has 86 valence electrons. The Morgan fingerprint density at radius 2 is 2.31 bits per heavy atom. The zero-order valence-electron chi connectivity index (χ0n) is 9.24. The summed E-state index contributed by atoms with van der Waals surface area (Å²) in [6, 6.07) is 7.44. The molecule has 0 spiro atoms. The number of benzene rings is 1. The van der Waals surface area contributed by atoms with E-state index in [9.17, 15) is 9.18 Å². The quantitative estimate of drug-likeness (QED) is 0.833. The fourth-order valence-electron chi connectivity index (χ4n) is 1.79. The Kier molecular flexibility index (Phi) is 3.19. The molecule has 0 unspecified atom stereocenters. The summed E-state index contributed by atoms with van der Waals surface area (Å²) in [4.78, 5) is 13.4. The number of rotatable bonds is 3. The fourth-order valence-corrected chi connectivity index (χ4v) is 1.79. The van der Waals surface area contributed by atoms with E-state index in [1.165, 1.54) is 4.90 Å². The van der Waals surface area contributed by atoms with E-state index in [-0.39, 0.29) is 19.0 Å². The Morgan fingerprint density at radius 1 is 1.56 bits per heavy atom. The van der Waals surface area contributed by atoms with E-state index in [2.05, 4.69) is 5.32 Å². The van der Waals surface area contributed by atoms with Crippen LogP contribution in [0.4, 0.5) is 4.39 Å².